The van der Waals surface area contributed by atoms with Gasteiger partial charge in [-0.25, -0.2) is 0 Å². The van der Waals surface area contributed by atoms with Gasteiger partial charge in [-0.1, -0.05) is 11.6 Å². The molecular weight excluding hydrogens is 260 g/mol. The minimum atomic E-state index is -0.488. The largest absolute Gasteiger partial charge is 0.381 e. The molecule has 0 bridgehead atoms. The molecule has 0 aliphatic heterocycles. The van der Waals surface area contributed by atoms with E-state index in [1.165, 1.54) is 12.1 Å². The van der Waals surface area contributed by atoms with E-state index in [4.69, 9.17) is 11.6 Å². The fraction of sp³-hybridized carbons (Fsp3) is 0.0909. The maximum atomic E-state index is 10.7. The van der Waals surface area contributed by atoms with E-state index in [0.29, 0.717) is 12.2 Å². The second-order valence-electron chi connectivity index (χ2n) is 3.41. The van der Waals surface area contributed by atoms with Crippen LogP contribution in [0, 0.1) is 10.1 Å². The van der Waals surface area contributed by atoms with Crippen LogP contribution in [-0.4, -0.2) is 4.92 Å². The normalized spacial score (nSPS) is 10.2. The Bertz CT molecular complexity index is 528. The summed E-state index contributed by atoms with van der Waals surface area (Å²) in [7, 11) is 0. The predicted molar refractivity (Wildman–Crippen MR) is 69.8 cm³/mol. The molecule has 0 aliphatic rings. The van der Waals surface area contributed by atoms with Crippen molar-refractivity contribution in [1.29, 1.82) is 0 Å². The van der Waals surface area contributed by atoms with Crippen LogP contribution in [0.5, 0.6) is 0 Å². The van der Waals surface area contributed by atoms with E-state index in [9.17, 15) is 10.1 Å². The molecule has 0 fully saturated rings. The van der Waals surface area contributed by atoms with Crippen molar-refractivity contribution in [2.24, 2.45) is 0 Å². The van der Waals surface area contributed by atoms with E-state index in [-0.39, 0.29) is 10.7 Å². The molecule has 1 N–H and O–H groups in total. The zero-order valence-corrected chi connectivity index (χ0v) is 10.3. The van der Waals surface area contributed by atoms with E-state index in [1.807, 2.05) is 16.8 Å². The van der Waals surface area contributed by atoms with Crippen LogP contribution in [0.3, 0.4) is 0 Å². The average molecular weight is 269 g/mol. The summed E-state index contributed by atoms with van der Waals surface area (Å²) in [6.07, 6.45) is 0. The van der Waals surface area contributed by atoms with Crippen LogP contribution in [0.2, 0.25) is 5.02 Å². The number of halogens is 1. The Balaban J connectivity index is 2.11. The fourth-order valence-corrected chi connectivity index (χ4v) is 2.22. The van der Waals surface area contributed by atoms with Gasteiger partial charge in [-0.15, -0.1) is 0 Å². The molecule has 1 aromatic heterocycles. The van der Waals surface area contributed by atoms with Gasteiger partial charge in [0.05, 0.1) is 4.92 Å². The lowest BCUT2D eigenvalue weighted by Crippen LogP contribution is -1.99. The van der Waals surface area contributed by atoms with Crippen LogP contribution in [0.15, 0.2) is 35.0 Å². The van der Waals surface area contributed by atoms with Crippen LogP contribution in [0.4, 0.5) is 11.4 Å². The third-order valence-corrected chi connectivity index (χ3v) is 3.27. The van der Waals surface area contributed by atoms with Crippen LogP contribution < -0.4 is 5.32 Å². The molecule has 0 amide bonds. The molecule has 6 heteroatoms. The van der Waals surface area contributed by atoms with Crippen LogP contribution in [0.1, 0.15) is 5.56 Å². The minimum Gasteiger partial charge on any atom is -0.381 e. The van der Waals surface area contributed by atoms with E-state index in [1.54, 1.807) is 17.4 Å². The van der Waals surface area contributed by atoms with Crippen molar-refractivity contribution in [2.45, 2.75) is 6.54 Å². The first-order valence-electron chi connectivity index (χ1n) is 4.85. The summed E-state index contributed by atoms with van der Waals surface area (Å²) in [6, 6.07) is 6.69. The number of nitrogens with zero attached hydrogens (tertiary/aromatic N) is 1. The first-order valence-corrected chi connectivity index (χ1v) is 6.18. The molecule has 0 radical (unpaired) electrons. The number of nitrogens with one attached hydrogen (secondary N) is 1. The van der Waals surface area contributed by atoms with Crippen molar-refractivity contribution in [1.82, 2.24) is 0 Å². The Morgan fingerprint density at radius 1 is 1.41 bits per heavy atom. The maximum absolute atomic E-state index is 10.7. The molecule has 0 unspecified atom stereocenters. The van der Waals surface area contributed by atoms with E-state index in [2.05, 4.69) is 5.32 Å². The third kappa shape index (κ3) is 2.95. The Hall–Kier alpha value is -1.59. The summed E-state index contributed by atoms with van der Waals surface area (Å²) < 4.78 is 0. The highest BCUT2D eigenvalue weighted by molar-refractivity contribution is 7.07. The van der Waals surface area contributed by atoms with Gasteiger partial charge in [0.15, 0.2) is 0 Å². The summed E-state index contributed by atoms with van der Waals surface area (Å²) in [4.78, 5) is 10.2. The highest BCUT2D eigenvalue weighted by atomic mass is 35.5. The highest BCUT2D eigenvalue weighted by Crippen LogP contribution is 2.27. The topological polar surface area (TPSA) is 55.2 Å². The van der Waals surface area contributed by atoms with Crippen molar-refractivity contribution < 1.29 is 4.92 Å². The summed E-state index contributed by atoms with van der Waals surface area (Å²) in [5, 5.41) is 18.0. The van der Waals surface area contributed by atoms with Crippen molar-refractivity contribution in [2.75, 3.05) is 5.32 Å². The molecule has 2 rings (SSSR count). The number of nitro benzene ring substituents is 1. The number of thiophene rings is 1. The van der Waals surface area contributed by atoms with Crippen molar-refractivity contribution in [3.8, 4) is 0 Å². The predicted octanol–water partition coefficient (Wildman–Crippen LogP) is 3.92. The summed E-state index contributed by atoms with van der Waals surface area (Å²) >= 11 is 7.34. The molecule has 17 heavy (non-hydrogen) atoms. The average Bonchev–Trinajstić information content (AvgIpc) is 2.80. The molecule has 1 heterocycles. The van der Waals surface area contributed by atoms with E-state index >= 15 is 0 Å². The van der Waals surface area contributed by atoms with Crippen molar-refractivity contribution >= 4 is 34.3 Å². The second-order valence-corrected chi connectivity index (χ2v) is 4.60. The zero-order valence-electron chi connectivity index (χ0n) is 8.72. The standard InChI is InChI=1S/C11H9ClN2O2S/c12-10-2-1-9(5-11(10)14(15)16)13-6-8-3-4-17-7-8/h1-5,7,13H,6H2. The van der Waals surface area contributed by atoms with Crippen LogP contribution in [-0.2, 0) is 6.54 Å². The maximum Gasteiger partial charge on any atom is 0.289 e. The SMILES string of the molecule is O=[N+]([O-])c1cc(NCc2ccsc2)ccc1Cl. The number of benzene rings is 1. The van der Waals surface area contributed by atoms with Gasteiger partial charge in [0.2, 0.25) is 0 Å². The lowest BCUT2D eigenvalue weighted by atomic mass is 10.2. The second kappa shape index (κ2) is 5.16. The van der Waals surface area contributed by atoms with Gasteiger partial charge in [-0.2, -0.15) is 11.3 Å². The van der Waals surface area contributed by atoms with Gasteiger partial charge < -0.3 is 5.32 Å². The van der Waals surface area contributed by atoms with Gasteiger partial charge in [0, 0.05) is 18.3 Å². The first-order chi connectivity index (χ1) is 8.16. The van der Waals surface area contributed by atoms with E-state index in [0.717, 1.165) is 5.56 Å². The van der Waals surface area contributed by atoms with Crippen LogP contribution in [0.25, 0.3) is 0 Å². The number of rotatable bonds is 4. The quantitative estimate of drug-likeness (QED) is 0.675. The van der Waals surface area contributed by atoms with E-state index < -0.39 is 4.92 Å². The lowest BCUT2D eigenvalue weighted by molar-refractivity contribution is -0.384. The Morgan fingerprint density at radius 3 is 2.88 bits per heavy atom. The first kappa shape index (κ1) is 11.9. The Kier molecular flexibility index (Phi) is 3.61. The molecule has 2 aromatic rings. The van der Waals surface area contributed by atoms with Gasteiger partial charge in [0.25, 0.3) is 5.69 Å². The van der Waals surface area contributed by atoms with Gasteiger partial charge in [0.1, 0.15) is 5.02 Å². The molecule has 88 valence electrons. The number of anilines is 1. The molecule has 4 nitrogen and oxygen atoms in total. The molecule has 0 spiro atoms. The summed E-state index contributed by atoms with van der Waals surface area (Å²) in [6.45, 7) is 0.641. The number of hydrogen-bond acceptors (Lipinski definition) is 4. The molecule has 0 saturated heterocycles. The molecule has 0 atom stereocenters. The summed E-state index contributed by atoms with van der Waals surface area (Å²) in [5.74, 6) is 0. The molecular formula is C11H9ClN2O2S. The van der Waals surface area contributed by atoms with Crippen LogP contribution >= 0.6 is 22.9 Å². The number of nitro groups is 1. The number of hydrogen-bond donors (Lipinski definition) is 1. The molecule has 0 saturated carbocycles. The monoisotopic (exact) mass is 268 g/mol. The minimum absolute atomic E-state index is 0.0815. The lowest BCUT2D eigenvalue weighted by Gasteiger charge is -2.05. The Morgan fingerprint density at radius 2 is 2.24 bits per heavy atom. The van der Waals surface area contributed by atoms with Crippen molar-refractivity contribution in [3.05, 3.63) is 55.7 Å². The fourth-order valence-electron chi connectivity index (χ4n) is 1.36. The molecule has 1 aromatic carbocycles. The summed E-state index contributed by atoms with van der Waals surface area (Å²) in [5.41, 5.74) is 1.75. The van der Waals surface area contributed by atoms with Gasteiger partial charge in [-0.05, 0) is 34.5 Å². The van der Waals surface area contributed by atoms with Gasteiger partial charge >= 0.3 is 0 Å². The zero-order chi connectivity index (χ0) is 12.3. The molecule has 0 aliphatic carbocycles. The smallest absolute Gasteiger partial charge is 0.289 e. The van der Waals surface area contributed by atoms with Gasteiger partial charge in [-0.3, -0.25) is 10.1 Å². The van der Waals surface area contributed by atoms with Crippen molar-refractivity contribution in [3.63, 3.8) is 0 Å². The Labute approximate surface area is 107 Å². The third-order valence-electron chi connectivity index (χ3n) is 2.22. The highest BCUT2D eigenvalue weighted by Gasteiger charge is 2.12.